The second kappa shape index (κ2) is 7.90. The number of halogens is 3. The summed E-state index contributed by atoms with van der Waals surface area (Å²) >= 11 is 13.5. The highest BCUT2D eigenvalue weighted by atomic mass is 35.5. The lowest BCUT2D eigenvalue weighted by Crippen LogP contribution is -2.40. The second-order valence-corrected chi connectivity index (χ2v) is 10.4. The van der Waals surface area contributed by atoms with E-state index in [-0.39, 0.29) is 5.75 Å². The molecule has 2 aliphatic rings. The second-order valence-electron chi connectivity index (χ2n) is 9.00. The smallest absolute Gasteiger partial charge is 0.329 e. The summed E-state index contributed by atoms with van der Waals surface area (Å²) in [5.74, 6) is -1.37. The molecule has 33 heavy (non-hydrogen) atoms. The molecule has 2 aliphatic carbocycles. The SMILES string of the molecule is CC1(C)C(C)(C(=O)OC#N)C1(c1ccc(F)c(Oc2ccccc2)c1)C1C=CC=CC1(Cl)Cl. The summed E-state index contributed by atoms with van der Waals surface area (Å²) in [6.45, 7) is 5.51. The molecule has 170 valence electrons. The summed E-state index contributed by atoms with van der Waals surface area (Å²) in [7, 11) is 0. The predicted molar refractivity (Wildman–Crippen MR) is 124 cm³/mol. The molecule has 4 rings (SSSR count). The highest BCUT2D eigenvalue weighted by molar-refractivity contribution is 6.50. The Morgan fingerprint density at radius 3 is 2.42 bits per heavy atom. The Hall–Kier alpha value is -2.81. The zero-order chi connectivity index (χ0) is 24.1. The third-order valence-corrected chi connectivity index (χ3v) is 8.20. The van der Waals surface area contributed by atoms with Crippen LogP contribution in [0.1, 0.15) is 26.3 Å². The van der Waals surface area contributed by atoms with Crippen molar-refractivity contribution < 1.29 is 18.7 Å². The molecule has 0 aromatic heterocycles. The quantitative estimate of drug-likeness (QED) is 0.264. The van der Waals surface area contributed by atoms with Crippen LogP contribution in [0.2, 0.25) is 0 Å². The molecule has 2 aromatic carbocycles. The molecular weight excluding hydrogens is 464 g/mol. The monoisotopic (exact) mass is 485 g/mol. The Kier molecular flexibility index (Phi) is 5.59. The fraction of sp³-hybridized carbons (Fsp3) is 0.308. The summed E-state index contributed by atoms with van der Waals surface area (Å²) in [6.07, 6.45) is 8.52. The summed E-state index contributed by atoms with van der Waals surface area (Å²) in [5, 5.41) is 9.06. The number of hydrogen-bond donors (Lipinski definition) is 0. The minimum absolute atomic E-state index is 0.00171. The molecule has 0 bridgehead atoms. The van der Waals surface area contributed by atoms with Crippen molar-refractivity contribution in [3.63, 3.8) is 0 Å². The van der Waals surface area contributed by atoms with E-state index in [1.807, 2.05) is 32.1 Å². The molecule has 0 saturated heterocycles. The average molecular weight is 486 g/mol. The van der Waals surface area contributed by atoms with Crippen LogP contribution in [0.5, 0.6) is 11.5 Å². The maximum absolute atomic E-state index is 14.8. The lowest BCUT2D eigenvalue weighted by atomic mass is 9.71. The van der Waals surface area contributed by atoms with Gasteiger partial charge in [-0.2, -0.15) is 0 Å². The third-order valence-electron chi connectivity index (χ3n) is 7.48. The van der Waals surface area contributed by atoms with Gasteiger partial charge in [0.1, 0.15) is 10.1 Å². The molecular formula is C26H22Cl2FNO3. The Balaban J connectivity index is 1.92. The molecule has 0 radical (unpaired) electrons. The highest BCUT2D eigenvalue weighted by Gasteiger charge is 2.87. The van der Waals surface area contributed by atoms with Gasteiger partial charge in [0, 0.05) is 11.3 Å². The molecule has 0 N–H and O–H groups in total. The first-order chi connectivity index (χ1) is 15.5. The number of para-hydroxylation sites is 1. The van der Waals surface area contributed by atoms with Crippen molar-refractivity contribution in [2.45, 2.75) is 30.5 Å². The van der Waals surface area contributed by atoms with Crippen LogP contribution in [0.4, 0.5) is 4.39 Å². The van der Waals surface area contributed by atoms with Crippen LogP contribution >= 0.6 is 23.2 Å². The number of carbonyl (C=O) groups excluding carboxylic acids is 1. The summed E-state index contributed by atoms with van der Waals surface area (Å²) in [5.41, 5.74) is -2.37. The number of esters is 1. The molecule has 0 aliphatic heterocycles. The standard InChI is InChI=1S/C26H22Cl2FNO3/c1-23(2)24(3,22(31)32-16-30)26(23,21-11-7-8-14-25(21,27)28)17-12-13-19(29)20(15-17)33-18-9-5-4-6-10-18/h4-15,21H,1-3H3. The zero-order valence-electron chi connectivity index (χ0n) is 18.3. The van der Waals surface area contributed by atoms with Gasteiger partial charge in [-0.25, -0.2) is 4.39 Å². The largest absolute Gasteiger partial charge is 0.454 e. The van der Waals surface area contributed by atoms with Crippen LogP contribution in [0, 0.1) is 34.1 Å². The maximum atomic E-state index is 14.8. The van der Waals surface area contributed by atoms with Gasteiger partial charge in [-0.15, -0.1) is 5.26 Å². The van der Waals surface area contributed by atoms with Crippen LogP contribution in [0.15, 0.2) is 72.8 Å². The van der Waals surface area contributed by atoms with Crippen LogP contribution in [-0.2, 0) is 14.9 Å². The lowest BCUT2D eigenvalue weighted by molar-refractivity contribution is -0.144. The van der Waals surface area contributed by atoms with E-state index in [2.05, 4.69) is 0 Å². The van der Waals surface area contributed by atoms with Gasteiger partial charge in [-0.05, 0) is 48.2 Å². The summed E-state index contributed by atoms with van der Waals surface area (Å²) in [6, 6.07) is 13.3. The first-order valence-corrected chi connectivity index (χ1v) is 11.2. The van der Waals surface area contributed by atoms with E-state index in [1.165, 1.54) is 12.3 Å². The van der Waals surface area contributed by atoms with Crippen molar-refractivity contribution in [3.05, 3.63) is 84.2 Å². The molecule has 4 nitrogen and oxygen atoms in total. The van der Waals surface area contributed by atoms with Gasteiger partial charge in [0.05, 0.1) is 5.41 Å². The Bertz CT molecular complexity index is 1200. The number of carbonyl (C=O) groups is 1. The number of ether oxygens (including phenoxy) is 2. The molecule has 3 unspecified atom stereocenters. The lowest BCUT2D eigenvalue weighted by Gasteiger charge is -2.38. The van der Waals surface area contributed by atoms with E-state index in [1.54, 1.807) is 55.5 Å². The van der Waals surface area contributed by atoms with Gasteiger partial charge in [0.25, 0.3) is 6.26 Å². The number of benzene rings is 2. The number of allylic oxidation sites excluding steroid dienone is 4. The van der Waals surface area contributed by atoms with E-state index in [4.69, 9.17) is 37.9 Å². The minimum atomic E-state index is -1.36. The van der Waals surface area contributed by atoms with Crippen molar-refractivity contribution in [1.29, 1.82) is 5.26 Å². The van der Waals surface area contributed by atoms with Gasteiger partial charge in [-0.3, -0.25) is 4.79 Å². The molecule has 0 spiro atoms. The van der Waals surface area contributed by atoms with Crippen molar-refractivity contribution >= 4 is 29.2 Å². The van der Waals surface area contributed by atoms with Crippen LogP contribution in [-0.4, -0.2) is 10.3 Å². The van der Waals surface area contributed by atoms with E-state index in [0.717, 1.165) is 0 Å². The first-order valence-electron chi connectivity index (χ1n) is 10.4. The fourth-order valence-corrected chi connectivity index (χ4v) is 6.31. The van der Waals surface area contributed by atoms with E-state index < -0.39 is 38.3 Å². The van der Waals surface area contributed by atoms with E-state index >= 15 is 0 Å². The normalized spacial score (nSPS) is 28.6. The van der Waals surface area contributed by atoms with Crippen LogP contribution < -0.4 is 4.74 Å². The molecule has 0 amide bonds. The van der Waals surface area contributed by atoms with Crippen LogP contribution in [0.25, 0.3) is 0 Å². The van der Waals surface area contributed by atoms with Gasteiger partial charge in [-0.1, -0.05) is 79.5 Å². The molecule has 1 fully saturated rings. The van der Waals surface area contributed by atoms with E-state index in [9.17, 15) is 9.18 Å². The number of rotatable bonds is 5. The zero-order valence-corrected chi connectivity index (χ0v) is 19.8. The van der Waals surface area contributed by atoms with E-state index in [0.29, 0.717) is 11.3 Å². The molecule has 3 atom stereocenters. The van der Waals surface area contributed by atoms with Gasteiger partial charge < -0.3 is 9.47 Å². The predicted octanol–water partition coefficient (Wildman–Crippen LogP) is 6.84. The Labute approximate surface area is 202 Å². The maximum Gasteiger partial charge on any atom is 0.329 e. The molecule has 7 heteroatoms. The number of alkyl halides is 2. The average Bonchev–Trinajstić information content (AvgIpc) is 3.18. The molecule has 2 aromatic rings. The summed E-state index contributed by atoms with van der Waals surface area (Å²) < 4.78 is 24.1. The molecule has 1 saturated carbocycles. The topological polar surface area (TPSA) is 59.3 Å². The number of nitrogens with zero attached hydrogens (tertiary/aromatic N) is 1. The van der Waals surface area contributed by atoms with Crippen molar-refractivity contribution in [1.82, 2.24) is 0 Å². The number of hydrogen-bond acceptors (Lipinski definition) is 4. The summed E-state index contributed by atoms with van der Waals surface area (Å²) in [4.78, 5) is 13.1. The van der Waals surface area contributed by atoms with Crippen molar-refractivity contribution in [2.24, 2.45) is 16.7 Å². The van der Waals surface area contributed by atoms with Crippen molar-refractivity contribution in [3.8, 4) is 17.8 Å². The van der Waals surface area contributed by atoms with Crippen LogP contribution in [0.3, 0.4) is 0 Å². The Morgan fingerprint density at radius 1 is 1.09 bits per heavy atom. The highest BCUT2D eigenvalue weighted by Crippen LogP contribution is 2.83. The number of nitriles is 1. The minimum Gasteiger partial charge on any atom is -0.454 e. The first kappa shape index (κ1) is 23.4. The van der Waals surface area contributed by atoms with Crippen molar-refractivity contribution in [2.75, 3.05) is 0 Å². The Morgan fingerprint density at radius 2 is 1.79 bits per heavy atom. The van der Waals surface area contributed by atoms with Gasteiger partial charge >= 0.3 is 5.97 Å². The van der Waals surface area contributed by atoms with Gasteiger partial charge in [0.2, 0.25) is 0 Å². The molecule has 0 heterocycles. The fourth-order valence-electron chi connectivity index (χ4n) is 5.69. The van der Waals surface area contributed by atoms with Gasteiger partial charge in [0.15, 0.2) is 11.6 Å². The third kappa shape index (κ3) is 3.19.